The van der Waals surface area contributed by atoms with Crippen LogP contribution in [0, 0.1) is 11.8 Å². The molecule has 2 aliphatic heterocycles. The van der Waals surface area contributed by atoms with Gasteiger partial charge in [-0.2, -0.15) is 0 Å². The lowest BCUT2D eigenvalue weighted by Crippen LogP contribution is -2.38. The SMILES string of the molecule is CC(C)OC1OCCC1C(O)CO.CCOC(=O)C(O)C1CCOC1OC(C)C.Cl.OCCCCCO. The van der Waals surface area contributed by atoms with Crippen LogP contribution in [0.1, 0.15) is 66.7 Å². The summed E-state index contributed by atoms with van der Waals surface area (Å²) < 4.78 is 26.3. The van der Waals surface area contributed by atoms with E-state index in [4.69, 9.17) is 39.0 Å². The summed E-state index contributed by atoms with van der Waals surface area (Å²) in [5.41, 5.74) is 0. The Morgan fingerprint density at radius 2 is 1.30 bits per heavy atom. The van der Waals surface area contributed by atoms with Gasteiger partial charge in [0.1, 0.15) is 0 Å². The predicted molar refractivity (Wildman–Crippen MR) is 139 cm³/mol. The van der Waals surface area contributed by atoms with Gasteiger partial charge in [0.2, 0.25) is 0 Å². The quantitative estimate of drug-likeness (QED) is 0.163. The Labute approximate surface area is 227 Å². The monoisotopic (exact) mass is 562 g/mol. The van der Waals surface area contributed by atoms with Crippen molar-refractivity contribution < 1.29 is 54.0 Å². The van der Waals surface area contributed by atoms with Crippen molar-refractivity contribution in [2.75, 3.05) is 39.6 Å². The predicted octanol–water partition coefficient (Wildman–Crippen LogP) is 1.39. The Morgan fingerprint density at radius 3 is 1.70 bits per heavy atom. The summed E-state index contributed by atoms with van der Waals surface area (Å²) in [6.07, 6.45) is 1.25. The summed E-state index contributed by atoms with van der Waals surface area (Å²) >= 11 is 0. The molecule has 11 nitrogen and oxygen atoms in total. The van der Waals surface area contributed by atoms with Crippen LogP contribution in [0.15, 0.2) is 0 Å². The molecule has 2 rings (SSSR count). The summed E-state index contributed by atoms with van der Waals surface area (Å²) in [5, 5.41) is 44.4. The van der Waals surface area contributed by atoms with Crippen molar-refractivity contribution in [2.45, 2.75) is 104 Å². The van der Waals surface area contributed by atoms with E-state index in [1.165, 1.54) is 0 Å². The van der Waals surface area contributed by atoms with Gasteiger partial charge in [-0.1, -0.05) is 0 Å². The Balaban J connectivity index is 0. The molecule has 37 heavy (non-hydrogen) atoms. The van der Waals surface area contributed by atoms with Crippen molar-refractivity contribution in [1.29, 1.82) is 0 Å². The number of unbranched alkanes of at least 4 members (excludes halogenated alkanes) is 2. The molecule has 6 unspecified atom stereocenters. The first-order valence-electron chi connectivity index (χ1n) is 13.0. The minimum absolute atomic E-state index is 0. The first kappa shape index (κ1) is 38.5. The molecular weight excluding hydrogens is 512 g/mol. The van der Waals surface area contributed by atoms with Crippen molar-refractivity contribution in [3.05, 3.63) is 0 Å². The highest BCUT2D eigenvalue weighted by Crippen LogP contribution is 2.27. The van der Waals surface area contributed by atoms with E-state index in [2.05, 4.69) is 0 Å². The van der Waals surface area contributed by atoms with Crippen molar-refractivity contribution in [1.82, 2.24) is 0 Å². The maximum Gasteiger partial charge on any atom is 0.335 e. The number of carbonyl (C=O) groups is 1. The van der Waals surface area contributed by atoms with Gasteiger partial charge in [0.25, 0.3) is 0 Å². The minimum Gasteiger partial charge on any atom is -0.464 e. The highest BCUT2D eigenvalue weighted by atomic mass is 35.5. The third-order valence-electron chi connectivity index (χ3n) is 5.41. The first-order valence-corrected chi connectivity index (χ1v) is 13.0. The second kappa shape index (κ2) is 23.3. The number of rotatable bonds is 13. The van der Waals surface area contributed by atoms with E-state index in [1.807, 2.05) is 27.7 Å². The number of hydrogen-bond donors (Lipinski definition) is 5. The van der Waals surface area contributed by atoms with E-state index in [0.717, 1.165) is 25.7 Å². The van der Waals surface area contributed by atoms with E-state index in [1.54, 1.807) is 6.92 Å². The van der Waals surface area contributed by atoms with Crippen LogP contribution in [-0.2, 0) is 28.5 Å². The second-order valence-corrected chi connectivity index (χ2v) is 9.21. The molecule has 0 radical (unpaired) electrons. The average molecular weight is 563 g/mol. The van der Waals surface area contributed by atoms with E-state index in [0.29, 0.717) is 19.6 Å². The minimum atomic E-state index is -1.16. The largest absolute Gasteiger partial charge is 0.464 e. The lowest BCUT2D eigenvalue weighted by Gasteiger charge is -2.23. The van der Waals surface area contributed by atoms with Gasteiger partial charge in [-0.3, -0.25) is 0 Å². The molecule has 2 aliphatic rings. The molecule has 0 aliphatic carbocycles. The maximum atomic E-state index is 11.4. The summed E-state index contributed by atoms with van der Waals surface area (Å²) in [6, 6.07) is 0. The molecule has 12 heteroatoms. The zero-order valence-electron chi connectivity index (χ0n) is 23.0. The molecule has 0 aromatic carbocycles. The van der Waals surface area contributed by atoms with E-state index in [-0.39, 0.29) is 69.2 Å². The van der Waals surface area contributed by atoms with Crippen LogP contribution in [0.4, 0.5) is 0 Å². The molecular formula is C25H51ClO11. The maximum absolute atomic E-state index is 11.4. The molecule has 2 saturated heterocycles. The van der Waals surface area contributed by atoms with E-state index >= 15 is 0 Å². The van der Waals surface area contributed by atoms with Crippen LogP contribution in [0.5, 0.6) is 0 Å². The van der Waals surface area contributed by atoms with Gasteiger partial charge in [0.15, 0.2) is 18.7 Å². The molecule has 0 spiro atoms. The van der Waals surface area contributed by atoms with Crippen LogP contribution in [0.25, 0.3) is 0 Å². The lowest BCUT2D eigenvalue weighted by atomic mass is 10.0. The second-order valence-electron chi connectivity index (χ2n) is 9.21. The highest BCUT2D eigenvalue weighted by molar-refractivity contribution is 5.85. The Kier molecular flexibility index (Phi) is 24.3. The van der Waals surface area contributed by atoms with E-state index < -0.39 is 24.5 Å². The van der Waals surface area contributed by atoms with Crippen molar-refractivity contribution in [2.24, 2.45) is 11.8 Å². The number of hydrogen-bond acceptors (Lipinski definition) is 11. The molecule has 6 atom stereocenters. The zero-order valence-corrected chi connectivity index (χ0v) is 23.8. The fourth-order valence-electron chi connectivity index (χ4n) is 3.60. The third-order valence-corrected chi connectivity index (χ3v) is 5.41. The van der Waals surface area contributed by atoms with Gasteiger partial charge in [-0.15, -0.1) is 12.4 Å². The Morgan fingerprint density at radius 1 is 0.838 bits per heavy atom. The molecule has 224 valence electrons. The van der Waals surface area contributed by atoms with Crippen LogP contribution in [-0.4, -0.2) is 108 Å². The van der Waals surface area contributed by atoms with Gasteiger partial charge in [0.05, 0.1) is 44.7 Å². The highest BCUT2D eigenvalue weighted by Gasteiger charge is 2.39. The van der Waals surface area contributed by atoms with E-state index in [9.17, 15) is 15.0 Å². The fourth-order valence-corrected chi connectivity index (χ4v) is 3.60. The number of ether oxygens (including phenoxy) is 5. The molecule has 0 bridgehead atoms. The fraction of sp³-hybridized carbons (Fsp3) is 0.960. The molecule has 0 aromatic heterocycles. The van der Waals surface area contributed by atoms with Gasteiger partial charge in [0, 0.05) is 25.0 Å². The number of carbonyl (C=O) groups excluding carboxylic acids is 1. The van der Waals surface area contributed by atoms with Gasteiger partial charge in [-0.25, -0.2) is 4.79 Å². The Bertz CT molecular complexity index is 535. The smallest absolute Gasteiger partial charge is 0.335 e. The summed E-state index contributed by atoms with van der Waals surface area (Å²) in [4.78, 5) is 11.4. The van der Waals surface area contributed by atoms with Gasteiger partial charge in [-0.05, 0) is 66.7 Å². The molecule has 0 aromatic rings. The van der Waals surface area contributed by atoms with Gasteiger partial charge < -0.3 is 49.2 Å². The number of aliphatic hydroxyl groups excluding tert-OH is 5. The Hall–Kier alpha value is -0.600. The standard InChI is InChI=1S/C11H20O5.C9H18O4.C5H12O2.ClH/c1-4-14-10(13)9(12)8-5-6-15-11(8)16-7(2)3;1-6(2)13-9-7(3-4-12-9)8(11)5-10;6-4-2-1-3-5-7;/h7-9,11-12H,4-6H2,1-3H3;6-11H,3-5H2,1-2H3;6-7H,1-5H2;1H. The van der Waals surface area contributed by atoms with Crippen molar-refractivity contribution in [3.8, 4) is 0 Å². The summed E-state index contributed by atoms with van der Waals surface area (Å²) in [5.74, 6) is -1.02. The molecule has 0 saturated carbocycles. The van der Waals surface area contributed by atoms with Crippen LogP contribution in [0.3, 0.4) is 0 Å². The molecule has 2 fully saturated rings. The lowest BCUT2D eigenvalue weighted by molar-refractivity contribution is -0.182. The number of esters is 1. The zero-order chi connectivity index (χ0) is 27.5. The van der Waals surface area contributed by atoms with Crippen molar-refractivity contribution in [3.63, 3.8) is 0 Å². The third kappa shape index (κ3) is 16.9. The number of halogens is 1. The summed E-state index contributed by atoms with van der Waals surface area (Å²) in [6.45, 7) is 10.9. The normalized spacial score (nSPS) is 24.4. The average Bonchev–Trinajstić information content (AvgIpc) is 3.48. The molecule has 2 heterocycles. The van der Waals surface area contributed by atoms with Crippen LogP contribution >= 0.6 is 12.4 Å². The molecule has 5 N–H and O–H groups in total. The van der Waals surface area contributed by atoms with Crippen molar-refractivity contribution >= 4 is 18.4 Å². The first-order chi connectivity index (χ1) is 17.1. The topological polar surface area (TPSA) is 164 Å². The van der Waals surface area contributed by atoms with Crippen LogP contribution < -0.4 is 0 Å². The van der Waals surface area contributed by atoms with Crippen LogP contribution in [0.2, 0.25) is 0 Å². The van der Waals surface area contributed by atoms with Gasteiger partial charge >= 0.3 is 5.97 Å². The molecule has 0 amide bonds. The number of aliphatic hydroxyl groups is 5. The summed E-state index contributed by atoms with van der Waals surface area (Å²) in [7, 11) is 0.